The summed E-state index contributed by atoms with van der Waals surface area (Å²) in [6, 6.07) is -0.0290. The number of hydrogen-bond acceptors (Lipinski definition) is 4. The molecule has 7 heteroatoms. The number of carbonyl (C=O) groups is 1. The number of hydrogen-bond donors (Lipinski definition) is 2. The minimum Gasteiger partial charge on any atom is -0.335 e. The van der Waals surface area contributed by atoms with Gasteiger partial charge < -0.3 is 10.2 Å². The fourth-order valence-electron chi connectivity index (χ4n) is 2.71. The molecule has 3 heterocycles. The third-order valence-corrected chi connectivity index (χ3v) is 3.92. The van der Waals surface area contributed by atoms with E-state index < -0.39 is 0 Å². The van der Waals surface area contributed by atoms with Gasteiger partial charge in [-0.2, -0.15) is 5.10 Å². The monoisotopic (exact) mass is 300 g/mol. The minimum atomic E-state index is -0.0392. The van der Waals surface area contributed by atoms with E-state index in [4.69, 9.17) is 0 Å². The molecule has 0 unspecified atom stereocenters. The highest BCUT2D eigenvalue weighted by atomic mass is 16.2. The molecule has 0 saturated heterocycles. The van der Waals surface area contributed by atoms with Crippen LogP contribution in [0.15, 0.2) is 18.6 Å². The molecule has 0 radical (unpaired) electrons. The van der Waals surface area contributed by atoms with Crippen molar-refractivity contribution in [3.8, 4) is 0 Å². The third-order valence-electron chi connectivity index (χ3n) is 3.92. The SMILES string of the molecule is Cc1[nH]nc2c1CN(C(=O)N[C@H](C)Cc1cnccn1)CC2. The van der Waals surface area contributed by atoms with Gasteiger partial charge in [0.1, 0.15) is 0 Å². The van der Waals surface area contributed by atoms with Gasteiger partial charge in [0.2, 0.25) is 0 Å². The summed E-state index contributed by atoms with van der Waals surface area (Å²) in [7, 11) is 0. The molecule has 1 aliphatic rings. The molecule has 2 N–H and O–H groups in total. The van der Waals surface area contributed by atoms with Crippen LogP contribution in [0.4, 0.5) is 4.79 Å². The van der Waals surface area contributed by atoms with Crippen molar-refractivity contribution in [1.29, 1.82) is 0 Å². The van der Waals surface area contributed by atoms with E-state index in [9.17, 15) is 4.79 Å². The smallest absolute Gasteiger partial charge is 0.317 e. The first-order valence-electron chi connectivity index (χ1n) is 7.46. The molecule has 7 nitrogen and oxygen atoms in total. The Morgan fingerprint density at radius 2 is 2.36 bits per heavy atom. The molecular formula is C15H20N6O. The van der Waals surface area contributed by atoms with Crippen LogP contribution in [0.2, 0.25) is 0 Å². The average molecular weight is 300 g/mol. The zero-order valence-corrected chi connectivity index (χ0v) is 12.8. The summed E-state index contributed by atoms with van der Waals surface area (Å²) in [4.78, 5) is 22.5. The van der Waals surface area contributed by atoms with Crippen molar-refractivity contribution in [2.24, 2.45) is 0 Å². The summed E-state index contributed by atoms with van der Waals surface area (Å²) in [5.41, 5.74) is 4.14. The van der Waals surface area contributed by atoms with Gasteiger partial charge >= 0.3 is 6.03 Å². The van der Waals surface area contributed by atoms with Crippen molar-refractivity contribution in [2.45, 2.75) is 39.3 Å². The standard InChI is InChI=1S/C15H20N6O/c1-10(7-12-8-16-4-5-17-12)18-15(22)21-6-3-14-13(9-21)11(2)19-20-14/h4-5,8,10H,3,6-7,9H2,1-2H3,(H,18,22)(H,19,20)/t10-/m1/s1. The zero-order chi connectivity index (χ0) is 15.5. The summed E-state index contributed by atoms with van der Waals surface area (Å²) < 4.78 is 0. The summed E-state index contributed by atoms with van der Waals surface area (Å²) >= 11 is 0. The predicted octanol–water partition coefficient (Wildman–Crippen LogP) is 1.21. The van der Waals surface area contributed by atoms with Crippen LogP contribution in [-0.4, -0.2) is 43.7 Å². The van der Waals surface area contributed by atoms with E-state index >= 15 is 0 Å². The Morgan fingerprint density at radius 1 is 1.50 bits per heavy atom. The van der Waals surface area contributed by atoms with E-state index in [-0.39, 0.29) is 12.1 Å². The fourth-order valence-corrected chi connectivity index (χ4v) is 2.71. The number of aromatic amines is 1. The number of rotatable bonds is 3. The molecule has 1 aliphatic heterocycles. The minimum absolute atomic E-state index is 0.0102. The van der Waals surface area contributed by atoms with Crippen LogP contribution in [0.25, 0.3) is 0 Å². The molecule has 0 spiro atoms. The summed E-state index contributed by atoms with van der Waals surface area (Å²) in [5.74, 6) is 0. The molecule has 0 aliphatic carbocycles. The van der Waals surface area contributed by atoms with Gasteiger partial charge in [0.15, 0.2) is 0 Å². The van der Waals surface area contributed by atoms with Crippen molar-refractivity contribution in [3.63, 3.8) is 0 Å². The number of urea groups is 1. The lowest BCUT2D eigenvalue weighted by atomic mass is 10.1. The van der Waals surface area contributed by atoms with E-state index in [1.165, 1.54) is 0 Å². The molecule has 2 aromatic rings. The van der Waals surface area contributed by atoms with Gasteiger partial charge in [-0.15, -0.1) is 0 Å². The number of amides is 2. The quantitative estimate of drug-likeness (QED) is 0.892. The molecule has 3 rings (SSSR count). The molecule has 0 saturated carbocycles. The Morgan fingerprint density at radius 3 is 3.14 bits per heavy atom. The lowest BCUT2D eigenvalue weighted by Crippen LogP contribution is -2.46. The largest absolute Gasteiger partial charge is 0.335 e. The number of H-pyrrole nitrogens is 1. The van der Waals surface area contributed by atoms with E-state index in [1.807, 2.05) is 18.7 Å². The maximum atomic E-state index is 12.4. The van der Waals surface area contributed by atoms with E-state index in [0.717, 1.165) is 29.1 Å². The van der Waals surface area contributed by atoms with Gasteiger partial charge in [0.25, 0.3) is 0 Å². The molecular weight excluding hydrogens is 280 g/mol. The Balaban J connectivity index is 1.57. The second kappa shape index (κ2) is 6.13. The normalized spacial score (nSPS) is 15.3. The number of aromatic nitrogens is 4. The van der Waals surface area contributed by atoms with Crippen molar-refractivity contribution < 1.29 is 4.79 Å². The number of nitrogens with one attached hydrogen (secondary N) is 2. The Labute approximate surface area is 129 Å². The molecule has 0 bridgehead atoms. The molecule has 0 aromatic carbocycles. The number of aryl methyl sites for hydroxylation is 1. The van der Waals surface area contributed by atoms with Gasteiger partial charge in [0, 0.05) is 55.3 Å². The summed E-state index contributed by atoms with van der Waals surface area (Å²) in [5, 5.41) is 10.3. The fraction of sp³-hybridized carbons (Fsp3) is 0.467. The average Bonchev–Trinajstić information content (AvgIpc) is 2.89. The van der Waals surface area contributed by atoms with E-state index in [1.54, 1.807) is 18.6 Å². The summed E-state index contributed by atoms with van der Waals surface area (Å²) in [6.45, 7) is 5.28. The van der Waals surface area contributed by atoms with Crippen molar-refractivity contribution in [1.82, 2.24) is 30.4 Å². The van der Waals surface area contributed by atoms with Crippen LogP contribution >= 0.6 is 0 Å². The topological polar surface area (TPSA) is 86.8 Å². The Hall–Kier alpha value is -2.44. The maximum absolute atomic E-state index is 12.4. The first kappa shape index (κ1) is 14.5. The zero-order valence-electron chi connectivity index (χ0n) is 12.8. The second-order valence-corrected chi connectivity index (χ2v) is 5.70. The lowest BCUT2D eigenvalue weighted by Gasteiger charge is -2.28. The highest BCUT2D eigenvalue weighted by molar-refractivity contribution is 5.74. The van der Waals surface area contributed by atoms with E-state index in [2.05, 4.69) is 25.5 Å². The van der Waals surface area contributed by atoms with Crippen LogP contribution < -0.4 is 5.32 Å². The van der Waals surface area contributed by atoms with Crippen LogP contribution in [0.3, 0.4) is 0 Å². The highest BCUT2D eigenvalue weighted by Crippen LogP contribution is 2.19. The maximum Gasteiger partial charge on any atom is 0.317 e. The van der Waals surface area contributed by atoms with E-state index in [0.29, 0.717) is 19.5 Å². The molecule has 2 amide bonds. The van der Waals surface area contributed by atoms with Crippen molar-refractivity contribution >= 4 is 6.03 Å². The summed E-state index contributed by atoms with van der Waals surface area (Å²) in [6.07, 6.45) is 6.50. The number of carbonyl (C=O) groups excluding carboxylic acids is 1. The van der Waals surface area contributed by atoms with Crippen molar-refractivity contribution in [2.75, 3.05) is 6.54 Å². The molecule has 22 heavy (non-hydrogen) atoms. The Bertz CT molecular complexity index is 653. The number of fused-ring (bicyclic) bond motifs is 1. The van der Waals surface area contributed by atoms with Crippen LogP contribution in [0, 0.1) is 6.92 Å². The van der Waals surface area contributed by atoms with Gasteiger partial charge in [-0.3, -0.25) is 15.1 Å². The van der Waals surface area contributed by atoms with Gasteiger partial charge in [-0.25, -0.2) is 4.79 Å². The first-order chi connectivity index (χ1) is 10.6. The predicted molar refractivity (Wildman–Crippen MR) is 81.2 cm³/mol. The third kappa shape index (κ3) is 3.08. The van der Waals surface area contributed by atoms with Crippen molar-refractivity contribution in [3.05, 3.63) is 41.2 Å². The molecule has 0 fully saturated rings. The van der Waals surface area contributed by atoms with Crippen LogP contribution in [-0.2, 0) is 19.4 Å². The molecule has 1 atom stereocenters. The Kier molecular flexibility index (Phi) is 4.04. The molecule has 2 aromatic heterocycles. The van der Waals surface area contributed by atoms with Crippen LogP contribution in [0.5, 0.6) is 0 Å². The van der Waals surface area contributed by atoms with Crippen LogP contribution in [0.1, 0.15) is 29.6 Å². The highest BCUT2D eigenvalue weighted by Gasteiger charge is 2.24. The van der Waals surface area contributed by atoms with Gasteiger partial charge in [-0.1, -0.05) is 0 Å². The first-order valence-corrected chi connectivity index (χ1v) is 7.46. The number of nitrogens with zero attached hydrogens (tertiary/aromatic N) is 4. The lowest BCUT2D eigenvalue weighted by molar-refractivity contribution is 0.188. The van der Waals surface area contributed by atoms with Gasteiger partial charge in [-0.05, 0) is 13.8 Å². The van der Waals surface area contributed by atoms with Gasteiger partial charge in [0.05, 0.1) is 17.9 Å². The molecule has 116 valence electrons. The second-order valence-electron chi connectivity index (χ2n) is 5.70.